The SMILES string of the molecule is O=C(CC1COCCN1)NCc1ccc(N2CCCCC2=O)cc1. The Balaban J connectivity index is 1.47. The van der Waals surface area contributed by atoms with Crippen molar-refractivity contribution in [3.05, 3.63) is 29.8 Å². The van der Waals surface area contributed by atoms with Gasteiger partial charge < -0.3 is 20.3 Å². The van der Waals surface area contributed by atoms with Crippen LogP contribution in [0.5, 0.6) is 0 Å². The normalized spacial score (nSPS) is 21.6. The van der Waals surface area contributed by atoms with Gasteiger partial charge >= 0.3 is 0 Å². The van der Waals surface area contributed by atoms with E-state index < -0.39 is 0 Å². The van der Waals surface area contributed by atoms with E-state index in [1.54, 1.807) is 0 Å². The van der Waals surface area contributed by atoms with Crippen molar-refractivity contribution < 1.29 is 14.3 Å². The Labute approximate surface area is 142 Å². The lowest BCUT2D eigenvalue weighted by Crippen LogP contribution is -2.44. The van der Waals surface area contributed by atoms with Gasteiger partial charge in [-0.25, -0.2) is 0 Å². The Hall–Kier alpha value is -1.92. The molecular weight excluding hydrogens is 306 g/mol. The second-order valence-corrected chi connectivity index (χ2v) is 6.38. The Morgan fingerprint density at radius 1 is 1.29 bits per heavy atom. The van der Waals surface area contributed by atoms with Gasteiger partial charge in [-0.1, -0.05) is 12.1 Å². The average molecular weight is 331 g/mol. The molecule has 0 aliphatic carbocycles. The Morgan fingerprint density at radius 3 is 2.83 bits per heavy atom. The van der Waals surface area contributed by atoms with Crippen LogP contribution in [0, 0.1) is 0 Å². The van der Waals surface area contributed by atoms with Gasteiger partial charge in [0.1, 0.15) is 0 Å². The average Bonchev–Trinajstić information content (AvgIpc) is 2.62. The molecule has 6 nitrogen and oxygen atoms in total. The van der Waals surface area contributed by atoms with Crippen molar-refractivity contribution in [2.45, 2.75) is 38.3 Å². The van der Waals surface area contributed by atoms with E-state index in [0.717, 1.165) is 37.2 Å². The first-order valence-electron chi connectivity index (χ1n) is 8.69. The number of ether oxygens (including phenoxy) is 1. The molecule has 2 N–H and O–H groups in total. The van der Waals surface area contributed by atoms with E-state index in [1.807, 2.05) is 29.2 Å². The van der Waals surface area contributed by atoms with Crippen molar-refractivity contribution in [3.63, 3.8) is 0 Å². The highest BCUT2D eigenvalue weighted by Crippen LogP contribution is 2.21. The van der Waals surface area contributed by atoms with Gasteiger partial charge in [0.2, 0.25) is 11.8 Å². The van der Waals surface area contributed by atoms with Gasteiger partial charge in [0, 0.05) is 44.2 Å². The van der Waals surface area contributed by atoms with Gasteiger partial charge in [0.15, 0.2) is 0 Å². The molecule has 2 saturated heterocycles. The number of piperidine rings is 1. The molecule has 2 aliphatic rings. The number of amides is 2. The first-order valence-corrected chi connectivity index (χ1v) is 8.69. The zero-order valence-corrected chi connectivity index (χ0v) is 13.9. The molecule has 3 rings (SSSR count). The number of carbonyl (C=O) groups excluding carboxylic acids is 2. The zero-order valence-electron chi connectivity index (χ0n) is 13.9. The van der Waals surface area contributed by atoms with Crippen molar-refractivity contribution in [1.82, 2.24) is 10.6 Å². The predicted octanol–water partition coefficient (Wildman–Crippen LogP) is 1.20. The van der Waals surface area contributed by atoms with Crippen LogP contribution in [0.4, 0.5) is 5.69 Å². The Bertz CT molecular complexity index is 567. The molecule has 0 saturated carbocycles. The van der Waals surface area contributed by atoms with Gasteiger partial charge in [0.05, 0.1) is 13.2 Å². The number of anilines is 1. The molecule has 2 heterocycles. The van der Waals surface area contributed by atoms with Crippen LogP contribution < -0.4 is 15.5 Å². The molecule has 2 amide bonds. The molecule has 130 valence electrons. The monoisotopic (exact) mass is 331 g/mol. The molecule has 1 aromatic rings. The number of hydrogen-bond donors (Lipinski definition) is 2. The maximum Gasteiger partial charge on any atom is 0.226 e. The number of carbonyl (C=O) groups is 2. The number of nitrogens with zero attached hydrogens (tertiary/aromatic N) is 1. The molecule has 2 aliphatic heterocycles. The Kier molecular flexibility index (Phi) is 5.82. The maximum atomic E-state index is 12.0. The second kappa shape index (κ2) is 8.26. The summed E-state index contributed by atoms with van der Waals surface area (Å²) in [4.78, 5) is 25.8. The van der Waals surface area contributed by atoms with Crippen LogP contribution in [0.3, 0.4) is 0 Å². The summed E-state index contributed by atoms with van der Waals surface area (Å²) in [6, 6.07) is 7.97. The second-order valence-electron chi connectivity index (χ2n) is 6.38. The maximum absolute atomic E-state index is 12.0. The summed E-state index contributed by atoms with van der Waals surface area (Å²) in [6.07, 6.45) is 3.11. The molecule has 0 bridgehead atoms. The minimum absolute atomic E-state index is 0.0216. The summed E-state index contributed by atoms with van der Waals surface area (Å²) in [5, 5.41) is 6.21. The third-order valence-corrected chi connectivity index (χ3v) is 4.49. The van der Waals surface area contributed by atoms with Crippen molar-refractivity contribution in [2.75, 3.05) is 31.2 Å². The molecule has 6 heteroatoms. The predicted molar refractivity (Wildman–Crippen MR) is 91.7 cm³/mol. The fraction of sp³-hybridized carbons (Fsp3) is 0.556. The fourth-order valence-electron chi connectivity index (χ4n) is 3.12. The van der Waals surface area contributed by atoms with Gasteiger partial charge in [-0.05, 0) is 30.5 Å². The quantitative estimate of drug-likeness (QED) is 0.850. The molecule has 0 spiro atoms. The van der Waals surface area contributed by atoms with E-state index in [9.17, 15) is 9.59 Å². The van der Waals surface area contributed by atoms with E-state index in [2.05, 4.69) is 10.6 Å². The standard InChI is InChI=1S/C18H25N3O3/c22-17(11-15-13-24-10-8-19-15)20-12-14-4-6-16(7-5-14)21-9-2-1-3-18(21)23/h4-7,15,19H,1-3,8-13H2,(H,20,22). The highest BCUT2D eigenvalue weighted by atomic mass is 16.5. The van der Waals surface area contributed by atoms with Crippen molar-refractivity contribution in [1.29, 1.82) is 0 Å². The third kappa shape index (κ3) is 4.55. The van der Waals surface area contributed by atoms with E-state index >= 15 is 0 Å². The molecule has 2 fully saturated rings. The fourth-order valence-corrected chi connectivity index (χ4v) is 3.12. The van der Waals surface area contributed by atoms with Crippen LogP contribution in [-0.4, -0.2) is 44.2 Å². The number of hydrogen-bond acceptors (Lipinski definition) is 4. The van der Waals surface area contributed by atoms with Crippen molar-refractivity contribution in [2.24, 2.45) is 0 Å². The summed E-state index contributed by atoms with van der Waals surface area (Å²) in [5.41, 5.74) is 1.97. The summed E-state index contributed by atoms with van der Waals surface area (Å²) >= 11 is 0. The topological polar surface area (TPSA) is 70.7 Å². The summed E-state index contributed by atoms with van der Waals surface area (Å²) in [7, 11) is 0. The van der Waals surface area contributed by atoms with E-state index in [-0.39, 0.29) is 17.9 Å². The smallest absolute Gasteiger partial charge is 0.226 e. The molecule has 24 heavy (non-hydrogen) atoms. The van der Waals surface area contributed by atoms with Gasteiger partial charge in [-0.15, -0.1) is 0 Å². The molecule has 0 aromatic heterocycles. The summed E-state index contributed by atoms with van der Waals surface area (Å²) < 4.78 is 5.35. The highest BCUT2D eigenvalue weighted by molar-refractivity contribution is 5.93. The largest absolute Gasteiger partial charge is 0.378 e. The number of nitrogens with one attached hydrogen (secondary N) is 2. The number of morpholine rings is 1. The minimum Gasteiger partial charge on any atom is -0.378 e. The lowest BCUT2D eigenvalue weighted by atomic mass is 10.1. The van der Waals surface area contributed by atoms with Crippen LogP contribution >= 0.6 is 0 Å². The van der Waals surface area contributed by atoms with Crippen molar-refractivity contribution in [3.8, 4) is 0 Å². The lowest BCUT2D eigenvalue weighted by Gasteiger charge is -2.27. The third-order valence-electron chi connectivity index (χ3n) is 4.49. The van der Waals surface area contributed by atoms with E-state index in [1.165, 1.54) is 0 Å². The minimum atomic E-state index is 0.0216. The Morgan fingerprint density at radius 2 is 2.12 bits per heavy atom. The van der Waals surface area contributed by atoms with Crippen LogP contribution in [0.2, 0.25) is 0 Å². The highest BCUT2D eigenvalue weighted by Gasteiger charge is 2.19. The first kappa shape index (κ1) is 16.9. The van der Waals surface area contributed by atoms with E-state index in [0.29, 0.717) is 32.6 Å². The molecule has 1 unspecified atom stereocenters. The summed E-state index contributed by atoms with van der Waals surface area (Å²) in [5.74, 6) is 0.220. The molecule has 0 radical (unpaired) electrons. The lowest BCUT2D eigenvalue weighted by molar-refractivity contribution is -0.122. The number of rotatable bonds is 5. The zero-order chi connectivity index (χ0) is 16.8. The molecule has 1 aromatic carbocycles. The number of benzene rings is 1. The first-order chi connectivity index (χ1) is 11.7. The van der Waals surface area contributed by atoms with Crippen LogP contribution in [0.25, 0.3) is 0 Å². The molecular formula is C18H25N3O3. The van der Waals surface area contributed by atoms with Gasteiger partial charge in [-0.3, -0.25) is 9.59 Å². The van der Waals surface area contributed by atoms with Crippen LogP contribution in [0.15, 0.2) is 24.3 Å². The molecule has 1 atom stereocenters. The van der Waals surface area contributed by atoms with E-state index in [4.69, 9.17) is 4.74 Å². The van der Waals surface area contributed by atoms with Gasteiger partial charge in [0.25, 0.3) is 0 Å². The van der Waals surface area contributed by atoms with Crippen LogP contribution in [-0.2, 0) is 20.9 Å². The van der Waals surface area contributed by atoms with Crippen molar-refractivity contribution >= 4 is 17.5 Å². The summed E-state index contributed by atoms with van der Waals surface area (Å²) in [6.45, 7) is 3.40. The van der Waals surface area contributed by atoms with Crippen LogP contribution in [0.1, 0.15) is 31.2 Å². The van der Waals surface area contributed by atoms with Gasteiger partial charge in [-0.2, -0.15) is 0 Å².